The van der Waals surface area contributed by atoms with Gasteiger partial charge in [-0.2, -0.15) is 0 Å². The van der Waals surface area contributed by atoms with Crippen LogP contribution in [0.5, 0.6) is 5.75 Å². The summed E-state index contributed by atoms with van der Waals surface area (Å²) >= 11 is 0. The van der Waals surface area contributed by atoms with E-state index in [-0.39, 0.29) is 11.2 Å². The fraction of sp³-hybridized carbons (Fsp3) is 0.333. The molecule has 0 radical (unpaired) electrons. The molecule has 8 heteroatoms. The molecule has 1 saturated carbocycles. The lowest BCUT2D eigenvalue weighted by Crippen LogP contribution is -2.52. The Morgan fingerprint density at radius 3 is 2.86 bits per heavy atom. The van der Waals surface area contributed by atoms with Gasteiger partial charge >= 0.3 is 0 Å². The van der Waals surface area contributed by atoms with Crippen LogP contribution in [0.4, 0.5) is 10.1 Å². The van der Waals surface area contributed by atoms with E-state index in [0.717, 1.165) is 58.3 Å². The second kappa shape index (κ2) is 7.10. The van der Waals surface area contributed by atoms with Crippen molar-refractivity contribution in [1.29, 1.82) is 0 Å². The molecule has 1 aliphatic carbocycles. The third-order valence-electron chi connectivity index (χ3n) is 7.73. The first kappa shape index (κ1) is 20.6. The number of aryl methyl sites for hydroxylation is 1. The SMILES string of the molecule is COc1cc(/C=C2\CC3(CC3)CN3C2=NOC32CNc3cc(F)ccc32)ccc1-n1cnc(C)c1. The van der Waals surface area contributed by atoms with Gasteiger partial charge in [0.25, 0.3) is 5.72 Å². The number of halogens is 1. The molecule has 35 heavy (non-hydrogen) atoms. The summed E-state index contributed by atoms with van der Waals surface area (Å²) < 4.78 is 21.6. The third-order valence-corrected chi connectivity index (χ3v) is 7.73. The maximum absolute atomic E-state index is 13.9. The van der Waals surface area contributed by atoms with Crippen LogP contribution in [0.1, 0.15) is 36.1 Å². The van der Waals surface area contributed by atoms with Gasteiger partial charge in [-0.3, -0.25) is 0 Å². The Kier molecular flexibility index (Phi) is 4.17. The molecule has 4 heterocycles. The predicted molar refractivity (Wildman–Crippen MR) is 131 cm³/mol. The lowest BCUT2D eigenvalue weighted by atomic mass is 9.86. The number of hydrogen-bond donors (Lipinski definition) is 1. The van der Waals surface area contributed by atoms with Crippen molar-refractivity contribution in [3.8, 4) is 11.4 Å². The molecule has 3 aromatic rings. The highest BCUT2D eigenvalue weighted by molar-refractivity contribution is 6.04. The maximum atomic E-state index is 13.9. The number of ether oxygens (including phenoxy) is 1. The lowest BCUT2D eigenvalue weighted by Gasteiger charge is -2.40. The second-order valence-corrected chi connectivity index (χ2v) is 10.1. The minimum Gasteiger partial charge on any atom is -0.495 e. The van der Waals surface area contributed by atoms with Gasteiger partial charge in [-0.05, 0) is 79.1 Å². The smallest absolute Gasteiger partial charge is 0.256 e. The third kappa shape index (κ3) is 3.08. The Morgan fingerprint density at radius 2 is 2.09 bits per heavy atom. The zero-order chi connectivity index (χ0) is 23.8. The summed E-state index contributed by atoms with van der Waals surface area (Å²) in [6.45, 7) is 3.40. The minimum atomic E-state index is -0.728. The first-order valence-corrected chi connectivity index (χ1v) is 12.0. The van der Waals surface area contributed by atoms with Crippen molar-refractivity contribution in [3.63, 3.8) is 0 Å². The van der Waals surface area contributed by atoms with Gasteiger partial charge in [0.15, 0.2) is 5.84 Å². The number of nitrogens with zero attached hydrogens (tertiary/aromatic N) is 4. The first-order chi connectivity index (χ1) is 17.0. The summed E-state index contributed by atoms with van der Waals surface area (Å²) in [5, 5.41) is 7.93. The van der Waals surface area contributed by atoms with Gasteiger partial charge in [-0.25, -0.2) is 9.37 Å². The summed E-state index contributed by atoms with van der Waals surface area (Å²) in [4.78, 5) is 12.8. The zero-order valence-corrected chi connectivity index (χ0v) is 19.7. The van der Waals surface area contributed by atoms with Crippen molar-refractivity contribution in [3.05, 3.63) is 77.1 Å². The van der Waals surface area contributed by atoms with Crippen LogP contribution in [-0.2, 0) is 10.6 Å². The van der Waals surface area contributed by atoms with E-state index >= 15 is 0 Å². The van der Waals surface area contributed by atoms with Crippen molar-refractivity contribution in [2.24, 2.45) is 10.6 Å². The molecular formula is C27H26FN5O2. The van der Waals surface area contributed by atoms with Gasteiger partial charge in [-0.15, -0.1) is 0 Å². The number of benzene rings is 2. The minimum absolute atomic E-state index is 0.243. The van der Waals surface area contributed by atoms with E-state index in [0.29, 0.717) is 6.54 Å². The number of amidine groups is 1. The largest absolute Gasteiger partial charge is 0.495 e. The molecule has 4 aliphatic rings. The molecular weight excluding hydrogens is 445 g/mol. The van der Waals surface area contributed by atoms with Crippen LogP contribution >= 0.6 is 0 Å². The number of rotatable bonds is 3. The highest BCUT2D eigenvalue weighted by Crippen LogP contribution is 2.58. The summed E-state index contributed by atoms with van der Waals surface area (Å²) in [7, 11) is 1.69. The molecule has 2 fully saturated rings. The van der Waals surface area contributed by atoms with Gasteiger partial charge in [0, 0.05) is 24.0 Å². The lowest BCUT2D eigenvalue weighted by molar-refractivity contribution is -0.0957. The normalized spacial score (nSPS) is 24.3. The van der Waals surface area contributed by atoms with Gasteiger partial charge in [0.2, 0.25) is 0 Å². The van der Waals surface area contributed by atoms with E-state index in [4.69, 9.17) is 9.57 Å². The number of aromatic nitrogens is 2. The summed E-state index contributed by atoms with van der Waals surface area (Å²) in [6, 6.07) is 11.1. The van der Waals surface area contributed by atoms with Crippen LogP contribution in [0.2, 0.25) is 0 Å². The molecule has 178 valence electrons. The molecule has 2 aromatic carbocycles. The van der Waals surface area contributed by atoms with Crippen LogP contribution in [0.3, 0.4) is 0 Å². The second-order valence-electron chi connectivity index (χ2n) is 10.1. The molecule has 1 atom stereocenters. The average Bonchev–Trinajstić information content (AvgIpc) is 3.17. The quantitative estimate of drug-likeness (QED) is 0.594. The predicted octanol–water partition coefficient (Wildman–Crippen LogP) is 4.82. The van der Waals surface area contributed by atoms with Gasteiger partial charge in [0.1, 0.15) is 11.6 Å². The number of imidazole rings is 1. The van der Waals surface area contributed by atoms with E-state index in [1.807, 2.05) is 23.8 Å². The van der Waals surface area contributed by atoms with Crippen LogP contribution in [-0.4, -0.2) is 40.5 Å². The number of hydrogen-bond acceptors (Lipinski definition) is 6. The molecule has 7 rings (SSSR count). The van der Waals surface area contributed by atoms with Gasteiger partial charge in [0.05, 0.1) is 31.4 Å². The molecule has 0 bridgehead atoms. The van der Waals surface area contributed by atoms with Crippen molar-refractivity contribution >= 4 is 17.6 Å². The summed E-state index contributed by atoms with van der Waals surface area (Å²) in [5.74, 6) is 1.39. The zero-order valence-electron chi connectivity index (χ0n) is 19.7. The van der Waals surface area contributed by atoms with Crippen LogP contribution < -0.4 is 10.1 Å². The van der Waals surface area contributed by atoms with E-state index in [1.165, 1.54) is 25.0 Å². The van der Waals surface area contributed by atoms with E-state index in [2.05, 4.69) is 44.6 Å². The fourth-order valence-corrected chi connectivity index (χ4v) is 5.71. The molecule has 3 aliphatic heterocycles. The van der Waals surface area contributed by atoms with E-state index in [9.17, 15) is 4.39 Å². The topological polar surface area (TPSA) is 63.9 Å². The molecule has 7 nitrogen and oxygen atoms in total. The standard InChI is InChI=1S/C27H26FN5O2/c1-17-13-32(16-30-17)23-6-3-18(10-24(23)34-2)9-19-12-26(7-8-26)15-33-25(19)31-35-27(33)14-29-22-11-20(28)4-5-21(22)27/h3-6,9-11,13,16,29H,7-8,12,14-15H2,1-2H3/b19-9+. The number of nitrogens with one attached hydrogen (secondary N) is 1. The summed E-state index contributed by atoms with van der Waals surface area (Å²) in [5.41, 5.74) is 5.34. The molecule has 0 amide bonds. The Labute approximate surface area is 202 Å². The number of fused-ring (bicyclic) bond motifs is 4. The Balaban J connectivity index is 1.26. The highest BCUT2D eigenvalue weighted by Gasteiger charge is 2.59. The highest BCUT2D eigenvalue weighted by atomic mass is 19.1. The van der Waals surface area contributed by atoms with Crippen molar-refractivity contribution < 1.29 is 14.0 Å². The Hall–Kier alpha value is -3.81. The van der Waals surface area contributed by atoms with Crippen LogP contribution in [0.25, 0.3) is 11.8 Å². The van der Waals surface area contributed by atoms with Crippen molar-refractivity contribution in [2.45, 2.75) is 31.9 Å². The average molecular weight is 472 g/mol. The molecule has 1 saturated heterocycles. The van der Waals surface area contributed by atoms with Gasteiger partial charge in [-0.1, -0.05) is 11.2 Å². The number of oxime groups is 1. The Morgan fingerprint density at radius 1 is 1.20 bits per heavy atom. The molecule has 1 N–H and O–H groups in total. The number of anilines is 1. The number of piperidine rings is 1. The Bertz CT molecular complexity index is 1420. The van der Waals surface area contributed by atoms with Gasteiger partial charge < -0.3 is 24.4 Å². The van der Waals surface area contributed by atoms with Crippen molar-refractivity contribution in [1.82, 2.24) is 14.5 Å². The fourth-order valence-electron chi connectivity index (χ4n) is 5.71. The monoisotopic (exact) mass is 471 g/mol. The molecule has 1 aromatic heterocycles. The van der Waals surface area contributed by atoms with E-state index in [1.54, 1.807) is 13.4 Å². The first-order valence-electron chi connectivity index (χ1n) is 12.0. The molecule has 2 spiro atoms. The van der Waals surface area contributed by atoms with Crippen LogP contribution in [0, 0.1) is 18.2 Å². The number of methoxy groups -OCH3 is 1. The van der Waals surface area contributed by atoms with Crippen molar-refractivity contribution in [2.75, 3.05) is 25.5 Å². The summed E-state index contributed by atoms with van der Waals surface area (Å²) in [6.07, 6.45) is 9.33. The van der Waals surface area contributed by atoms with E-state index < -0.39 is 5.72 Å². The van der Waals surface area contributed by atoms with Crippen LogP contribution in [0.15, 0.2) is 59.7 Å². The maximum Gasteiger partial charge on any atom is 0.256 e. The molecule has 1 unspecified atom stereocenters.